The Kier molecular flexibility index (Phi) is 7.44. The molecule has 1 N–H and O–H groups in total. The summed E-state index contributed by atoms with van der Waals surface area (Å²) in [7, 11) is 0. The highest BCUT2D eigenvalue weighted by Crippen LogP contribution is 2.43. The summed E-state index contributed by atoms with van der Waals surface area (Å²) in [6.45, 7) is 7.79. The lowest BCUT2D eigenvalue weighted by atomic mass is 9.95. The average molecular weight is 414 g/mol. The van der Waals surface area contributed by atoms with E-state index in [0.717, 1.165) is 24.8 Å². The van der Waals surface area contributed by atoms with Crippen LogP contribution in [0.2, 0.25) is 0 Å². The van der Waals surface area contributed by atoms with E-state index in [4.69, 9.17) is 18.9 Å². The lowest BCUT2D eigenvalue weighted by Gasteiger charge is -2.27. The Balaban J connectivity index is 1.88. The Bertz CT molecular complexity index is 876. The molecule has 1 atom stereocenters. The third-order valence-electron chi connectivity index (χ3n) is 4.71. The molecule has 162 valence electrons. The van der Waals surface area contributed by atoms with Crippen LogP contribution in [0.15, 0.2) is 30.3 Å². The third kappa shape index (κ3) is 4.99. The van der Waals surface area contributed by atoms with Crippen molar-refractivity contribution in [2.75, 3.05) is 19.8 Å². The molecule has 1 unspecified atom stereocenters. The predicted octanol–water partition coefficient (Wildman–Crippen LogP) is 5.47. The van der Waals surface area contributed by atoms with Crippen LogP contribution >= 0.6 is 0 Å². The number of ketones is 1. The van der Waals surface area contributed by atoms with Gasteiger partial charge in [0.25, 0.3) is 0 Å². The van der Waals surface area contributed by atoms with E-state index >= 15 is 0 Å². The zero-order valence-corrected chi connectivity index (χ0v) is 17.9. The fourth-order valence-corrected chi connectivity index (χ4v) is 3.28. The van der Waals surface area contributed by atoms with Crippen molar-refractivity contribution >= 4 is 5.78 Å². The number of carbonyl (C=O) groups is 1. The Morgan fingerprint density at radius 1 is 0.933 bits per heavy atom. The first kappa shape index (κ1) is 21.8. The molecule has 1 aliphatic rings. The van der Waals surface area contributed by atoms with Gasteiger partial charge in [-0.25, -0.2) is 0 Å². The molecule has 0 saturated carbocycles. The van der Waals surface area contributed by atoms with Crippen molar-refractivity contribution in [3.05, 3.63) is 41.5 Å². The Hall–Kier alpha value is -2.89. The van der Waals surface area contributed by atoms with Gasteiger partial charge in [0.15, 0.2) is 17.3 Å². The summed E-state index contributed by atoms with van der Waals surface area (Å²) in [6, 6.07) is 8.76. The first-order chi connectivity index (χ1) is 14.6. The number of rotatable bonds is 10. The summed E-state index contributed by atoms with van der Waals surface area (Å²) >= 11 is 0. The topological polar surface area (TPSA) is 74.2 Å². The zero-order chi connectivity index (χ0) is 21.5. The predicted molar refractivity (Wildman–Crippen MR) is 114 cm³/mol. The van der Waals surface area contributed by atoms with E-state index in [1.807, 2.05) is 39.0 Å². The summed E-state index contributed by atoms with van der Waals surface area (Å²) in [6.07, 6.45) is 2.28. The van der Waals surface area contributed by atoms with Crippen molar-refractivity contribution in [2.24, 2.45) is 0 Å². The van der Waals surface area contributed by atoms with Crippen molar-refractivity contribution in [2.45, 2.75) is 52.6 Å². The second-order valence-electron chi connectivity index (χ2n) is 7.30. The minimum absolute atomic E-state index is 0.114. The van der Waals surface area contributed by atoms with Gasteiger partial charge in [-0.2, -0.15) is 0 Å². The number of phenolic OH excluding ortho intramolecular Hbond substituents is 1. The van der Waals surface area contributed by atoms with E-state index in [2.05, 4.69) is 0 Å². The second kappa shape index (κ2) is 10.2. The van der Waals surface area contributed by atoms with Gasteiger partial charge in [-0.15, -0.1) is 0 Å². The maximum absolute atomic E-state index is 12.7. The number of hydrogen-bond acceptors (Lipinski definition) is 6. The SMILES string of the molecule is CCCOc1cc(O)c2c(c1)OC(c1ccc(OCCC)c(OCCC)c1)CC2=O. The van der Waals surface area contributed by atoms with Gasteiger partial charge in [0, 0.05) is 12.1 Å². The number of Topliss-reactive ketones (excluding diaryl/α,β-unsaturated/α-hetero) is 1. The summed E-state index contributed by atoms with van der Waals surface area (Å²) in [5.74, 6) is 1.87. The van der Waals surface area contributed by atoms with Crippen LogP contribution in [0.25, 0.3) is 0 Å². The van der Waals surface area contributed by atoms with Gasteiger partial charge in [-0.1, -0.05) is 26.8 Å². The van der Waals surface area contributed by atoms with Gasteiger partial charge in [-0.05, 0) is 37.0 Å². The van der Waals surface area contributed by atoms with Gasteiger partial charge in [0.2, 0.25) is 0 Å². The number of ether oxygens (including phenoxy) is 4. The Morgan fingerprint density at radius 2 is 1.60 bits per heavy atom. The molecule has 0 spiro atoms. The molecular weight excluding hydrogens is 384 g/mol. The van der Waals surface area contributed by atoms with E-state index in [1.165, 1.54) is 6.07 Å². The molecule has 0 radical (unpaired) electrons. The molecule has 3 rings (SSSR count). The van der Waals surface area contributed by atoms with Crippen LogP contribution in [-0.4, -0.2) is 30.7 Å². The molecular formula is C24H30O6. The molecule has 0 bridgehead atoms. The lowest BCUT2D eigenvalue weighted by molar-refractivity contribution is 0.0844. The molecule has 0 amide bonds. The van der Waals surface area contributed by atoms with Gasteiger partial charge in [0.1, 0.15) is 28.9 Å². The van der Waals surface area contributed by atoms with E-state index < -0.39 is 6.10 Å². The minimum Gasteiger partial charge on any atom is -0.507 e. The van der Waals surface area contributed by atoms with E-state index in [0.29, 0.717) is 42.8 Å². The van der Waals surface area contributed by atoms with Crippen molar-refractivity contribution < 1.29 is 28.8 Å². The minimum atomic E-state index is -0.477. The zero-order valence-electron chi connectivity index (χ0n) is 17.9. The van der Waals surface area contributed by atoms with Crippen LogP contribution < -0.4 is 18.9 Å². The van der Waals surface area contributed by atoms with Gasteiger partial charge in [-0.3, -0.25) is 4.79 Å². The second-order valence-corrected chi connectivity index (χ2v) is 7.30. The molecule has 2 aromatic carbocycles. The van der Waals surface area contributed by atoms with Crippen LogP contribution in [0.4, 0.5) is 0 Å². The quantitative estimate of drug-likeness (QED) is 0.556. The first-order valence-corrected chi connectivity index (χ1v) is 10.7. The van der Waals surface area contributed by atoms with Crippen molar-refractivity contribution in [1.82, 2.24) is 0 Å². The molecule has 6 heteroatoms. The number of aromatic hydroxyl groups is 1. The summed E-state index contributed by atoms with van der Waals surface area (Å²) in [5.41, 5.74) is 1.03. The highest BCUT2D eigenvalue weighted by Gasteiger charge is 2.31. The van der Waals surface area contributed by atoms with Crippen LogP contribution in [0.5, 0.6) is 28.7 Å². The summed E-state index contributed by atoms with van der Waals surface area (Å²) in [4.78, 5) is 12.7. The smallest absolute Gasteiger partial charge is 0.174 e. The van der Waals surface area contributed by atoms with Crippen LogP contribution in [0.1, 0.15) is 68.5 Å². The molecule has 0 saturated heterocycles. The van der Waals surface area contributed by atoms with Gasteiger partial charge in [0.05, 0.1) is 26.2 Å². The Morgan fingerprint density at radius 3 is 2.30 bits per heavy atom. The number of benzene rings is 2. The molecule has 1 heterocycles. The van der Waals surface area contributed by atoms with Crippen LogP contribution in [0.3, 0.4) is 0 Å². The lowest BCUT2D eigenvalue weighted by Crippen LogP contribution is -2.20. The normalized spacial score (nSPS) is 15.3. The van der Waals surface area contributed by atoms with E-state index in [9.17, 15) is 9.90 Å². The number of fused-ring (bicyclic) bond motifs is 1. The van der Waals surface area contributed by atoms with Crippen molar-refractivity contribution in [1.29, 1.82) is 0 Å². The highest BCUT2D eigenvalue weighted by molar-refractivity contribution is 6.02. The molecule has 30 heavy (non-hydrogen) atoms. The Labute approximate surface area is 177 Å². The van der Waals surface area contributed by atoms with Gasteiger partial charge >= 0.3 is 0 Å². The number of carbonyl (C=O) groups excluding carboxylic acids is 1. The molecule has 6 nitrogen and oxygen atoms in total. The number of hydrogen-bond donors (Lipinski definition) is 1. The monoisotopic (exact) mass is 414 g/mol. The maximum atomic E-state index is 12.7. The third-order valence-corrected chi connectivity index (χ3v) is 4.71. The summed E-state index contributed by atoms with van der Waals surface area (Å²) in [5, 5.41) is 10.3. The largest absolute Gasteiger partial charge is 0.507 e. The fourth-order valence-electron chi connectivity index (χ4n) is 3.28. The van der Waals surface area contributed by atoms with Gasteiger partial charge < -0.3 is 24.1 Å². The highest BCUT2D eigenvalue weighted by atomic mass is 16.5. The van der Waals surface area contributed by atoms with Crippen molar-refractivity contribution in [3.63, 3.8) is 0 Å². The molecule has 1 aliphatic heterocycles. The first-order valence-electron chi connectivity index (χ1n) is 10.7. The molecule has 0 fully saturated rings. The number of phenols is 1. The maximum Gasteiger partial charge on any atom is 0.174 e. The van der Waals surface area contributed by atoms with Crippen LogP contribution in [-0.2, 0) is 0 Å². The molecule has 2 aromatic rings. The van der Waals surface area contributed by atoms with Crippen LogP contribution in [0, 0.1) is 0 Å². The molecule has 0 aromatic heterocycles. The molecule has 0 aliphatic carbocycles. The van der Waals surface area contributed by atoms with E-state index in [1.54, 1.807) is 6.07 Å². The van der Waals surface area contributed by atoms with E-state index in [-0.39, 0.29) is 23.5 Å². The summed E-state index contributed by atoms with van der Waals surface area (Å²) < 4.78 is 23.4. The van der Waals surface area contributed by atoms with Crippen molar-refractivity contribution in [3.8, 4) is 28.7 Å². The standard InChI is InChI=1S/C24H30O6/c1-4-9-27-17-13-18(25)24-19(26)15-21(30-23(24)14-17)16-7-8-20(28-10-5-2)22(12-16)29-11-6-3/h7-8,12-14,21,25H,4-6,9-11,15H2,1-3H3. The average Bonchev–Trinajstić information content (AvgIpc) is 2.74. The fraction of sp³-hybridized carbons (Fsp3) is 0.458.